The van der Waals surface area contributed by atoms with Gasteiger partial charge in [0, 0.05) is 18.1 Å². The highest BCUT2D eigenvalue weighted by Gasteiger charge is 2.37. The van der Waals surface area contributed by atoms with Crippen molar-refractivity contribution in [3.8, 4) is 5.88 Å². The zero-order valence-electron chi connectivity index (χ0n) is 16.3. The van der Waals surface area contributed by atoms with Gasteiger partial charge in [-0.3, -0.25) is 9.59 Å². The van der Waals surface area contributed by atoms with Gasteiger partial charge in [0.05, 0.1) is 19.2 Å². The molecule has 158 valence electrons. The number of carbonyl (C=O) groups is 2. The van der Waals surface area contributed by atoms with Crippen LogP contribution in [0.1, 0.15) is 41.4 Å². The number of ether oxygens (including phenoxy) is 1. The van der Waals surface area contributed by atoms with E-state index in [1.165, 1.54) is 29.4 Å². The van der Waals surface area contributed by atoms with Gasteiger partial charge in [-0.2, -0.15) is 0 Å². The third-order valence-electron chi connectivity index (χ3n) is 4.81. The lowest BCUT2D eigenvalue weighted by Crippen LogP contribution is -2.32. The van der Waals surface area contributed by atoms with E-state index >= 15 is 0 Å². The fraction of sp³-hybridized carbons (Fsp3) is 0.333. The molecule has 1 saturated heterocycles. The van der Waals surface area contributed by atoms with Crippen LogP contribution in [-0.2, 0) is 4.79 Å². The number of hydrogen-bond acceptors (Lipinski definition) is 5. The Balaban J connectivity index is 1.54. The summed E-state index contributed by atoms with van der Waals surface area (Å²) < 4.78 is 33.0. The summed E-state index contributed by atoms with van der Waals surface area (Å²) in [7, 11) is 0. The van der Waals surface area contributed by atoms with Crippen LogP contribution in [0.15, 0.2) is 48.8 Å². The molecule has 0 aliphatic carbocycles. The number of primary amides is 1. The lowest BCUT2D eigenvalue weighted by molar-refractivity contribution is -0.128. The van der Waals surface area contributed by atoms with Crippen LogP contribution in [0, 0.1) is 5.82 Å². The van der Waals surface area contributed by atoms with E-state index in [9.17, 15) is 18.4 Å². The predicted octanol–water partition coefficient (Wildman–Crippen LogP) is 2.74. The topological polar surface area (TPSA) is 98.4 Å². The second-order valence-electron chi connectivity index (χ2n) is 7.02. The zero-order chi connectivity index (χ0) is 21.7. The molecule has 30 heavy (non-hydrogen) atoms. The largest absolute Gasteiger partial charge is 0.478 e. The molecule has 2 atom stereocenters. The van der Waals surface area contributed by atoms with Gasteiger partial charge in [-0.25, -0.2) is 18.7 Å². The van der Waals surface area contributed by atoms with Crippen LogP contribution in [0.3, 0.4) is 0 Å². The molecule has 0 saturated carbocycles. The number of halogens is 2. The molecule has 1 aliphatic heterocycles. The number of hydrogen-bond donors (Lipinski definition) is 1. The summed E-state index contributed by atoms with van der Waals surface area (Å²) in [6.45, 7) is 4.00. The van der Waals surface area contributed by atoms with Gasteiger partial charge >= 0.3 is 0 Å². The van der Waals surface area contributed by atoms with Crippen LogP contribution in [0.25, 0.3) is 0 Å². The molecular formula is C21H22F2N4O3. The van der Waals surface area contributed by atoms with Gasteiger partial charge in [0.1, 0.15) is 24.0 Å². The lowest BCUT2D eigenvalue weighted by atomic mass is 10.0. The highest BCUT2D eigenvalue weighted by Crippen LogP contribution is 2.35. The second kappa shape index (κ2) is 9.43. The van der Waals surface area contributed by atoms with Crippen molar-refractivity contribution in [2.24, 2.45) is 5.73 Å². The fourth-order valence-corrected chi connectivity index (χ4v) is 3.36. The van der Waals surface area contributed by atoms with Crippen molar-refractivity contribution in [1.82, 2.24) is 14.9 Å². The van der Waals surface area contributed by atoms with Gasteiger partial charge in [0.25, 0.3) is 5.91 Å². The second-order valence-corrected chi connectivity index (χ2v) is 7.02. The van der Waals surface area contributed by atoms with Crippen molar-refractivity contribution in [1.29, 1.82) is 0 Å². The normalized spacial score (nSPS) is 18.3. The van der Waals surface area contributed by atoms with Gasteiger partial charge < -0.3 is 15.4 Å². The fourth-order valence-electron chi connectivity index (χ4n) is 3.36. The first-order chi connectivity index (χ1) is 14.3. The summed E-state index contributed by atoms with van der Waals surface area (Å²) >= 11 is 0. The molecular weight excluding hydrogens is 394 g/mol. The minimum Gasteiger partial charge on any atom is -0.478 e. The molecule has 9 heteroatoms. The van der Waals surface area contributed by atoms with Gasteiger partial charge in [0.2, 0.25) is 11.8 Å². The highest BCUT2D eigenvalue weighted by atomic mass is 19.1. The summed E-state index contributed by atoms with van der Waals surface area (Å²) in [5.41, 5.74) is 6.07. The molecule has 1 aliphatic rings. The average molecular weight is 416 g/mol. The highest BCUT2D eigenvalue weighted by molar-refractivity contribution is 5.93. The molecule has 2 N–H and O–H groups in total. The Bertz CT molecular complexity index is 953. The molecule has 0 bridgehead atoms. The van der Waals surface area contributed by atoms with Crippen LogP contribution >= 0.6 is 0 Å². The van der Waals surface area contributed by atoms with E-state index in [4.69, 9.17) is 10.5 Å². The van der Waals surface area contributed by atoms with Crippen LogP contribution in [0.4, 0.5) is 8.78 Å². The first-order valence-corrected chi connectivity index (χ1v) is 9.48. The first kappa shape index (κ1) is 21.4. The van der Waals surface area contributed by atoms with E-state index in [0.717, 1.165) is 0 Å². The molecule has 0 radical (unpaired) electrons. The number of likely N-dealkylation sites (tertiary alicyclic amines) is 1. The maximum Gasteiger partial charge on any atom is 0.267 e. The number of nitrogens with zero attached hydrogens (tertiary/aromatic N) is 3. The summed E-state index contributed by atoms with van der Waals surface area (Å²) in [5, 5.41) is 0. The molecule has 2 aromatic rings. The van der Waals surface area contributed by atoms with E-state index in [1.807, 2.05) is 0 Å². The maximum absolute atomic E-state index is 14.0. The number of nitrogens with two attached hydrogens (primary N) is 1. The minimum atomic E-state index is -1.17. The molecule has 1 aromatic heterocycles. The number of amides is 2. The van der Waals surface area contributed by atoms with Gasteiger partial charge in [-0.15, -0.1) is 0 Å². The molecule has 2 unspecified atom stereocenters. The first-order valence-electron chi connectivity index (χ1n) is 9.48. The monoisotopic (exact) mass is 416 g/mol. The summed E-state index contributed by atoms with van der Waals surface area (Å²) in [5.74, 6) is -1.28. The quantitative estimate of drug-likeness (QED) is 0.527. The number of benzene rings is 1. The van der Waals surface area contributed by atoms with Gasteiger partial charge in [-0.05, 0) is 30.5 Å². The minimum absolute atomic E-state index is 0.0396. The van der Waals surface area contributed by atoms with Crippen LogP contribution < -0.4 is 10.5 Å². The van der Waals surface area contributed by atoms with Crippen molar-refractivity contribution >= 4 is 11.8 Å². The van der Waals surface area contributed by atoms with E-state index in [-0.39, 0.29) is 37.1 Å². The average Bonchev–Trinajstić information content (AvgIpc) is 3.12. The van der Waals surface area contributed by atoms with Crippen molar-refractivity contribution in [2.75, 3.05) is 13.2 Å². The summed E-state index contributed by atoms with van der Waals surface area (Å²) in [4.78, 5) is 32.9. The van der Waals surface area contributed by atoms with E-state index in [2.05, 4.69) is 16.5 Å². The van der Waals surface area contributed by atoms with Gasteiger partial charge in [-0.1, -0.05) is 18.7 Å². The Hall–Kier alpha value is -3.36. The molecule has 1 aromatic carbocycles. The van der Waals surface area contributed by atoms with E-state index in [1.54, 1.807) is 12.1 Å². The third-order valence-corrected chi connectivity index (χ3v) is 4.81. The van der Waals surface area contributed by atoms with E-state index in [0.29, 0.717) is 24.0 Å². The van der Waals surface area contributed by atoms with Crippen molar-refractivity contribution in [3.05, 3.63) is 65.9 Å². The molecule has 2 heterocycles. The van der Waals surface area contributed by atoms with Gasteiger partial charge in [0.15, 0.2) is 0 Å². The molecule has 3 rings (SSSR count). The predicted molar refractivity (Wildman–Crippen MR) is 105 cm³/mol. The lowest BCUT2D eigenvalue weighted by Gasteiger charge is -2.25. The summed E-state index contributed by atoms with van der Waals surface area (Å²) in [6, 6.07) is 6.66. The SMILES string of the molecule is C=C(CCCOc1cc(C(N)=O)ncn1)C(=O)N1CC(F)CC1c1cccc(F)c1. The Kier molecular flexibility index (Phi) is 6.71. The van der Waals surface area contributed by atoms with Crippen molar-refractivity contribution in [3.63, 3.8) is 0 Å². The molecule has 0 spiro atoms. The number of alkyl halides is 1. The zero-order valence-corrected chi connectivity index (χ0v) is 16.3. The molecule has 1 fully saturated rings. The Morgan fingerprint density at radius 1 is 1.30 bits per heavy atom. The number of carbonyl (C=O) groups excluding carboxylic acids is 2. The Morgan fingerprint density at radius 2 is 2.10 bits per heavy atom. The van der Waals surface area contributed by atoms with Crippen LogP contribution in [-0.4, -0.2) is 46.0 Å². The Labute approximate surface area is 172 Å². The van der Waals surface area contributed by atoms with E-state index < -0.39 is 23.9 Å². The number of rotatable bonds is 8. The summed E-state index contributed by atoms with van der Waals surface area (Å²) in [6.07, 6.45) is 0.913. The van der Waals surface area contributed by atoms with Crippen LogP contribution in [0.5, 0.6) is 5.88 Å². The third kappa shape index (κ3) is 5.16. The smallest absolute Gasteiger partial charge is 0.267 e. The standard InChI is InChI=1S/C21H22F2N4O3/c1-13(4-3-7-30-19-10-17(20(24)28)25-12-26-19)21(29)27-11-16(23)9-18(27)14-5-2-6-15(22)8-14/h2,5-6,8,10,12,16,18H,1,3-4,7,9,11H2,(H2,24,28). The molecule has 2 amide bonds. The molecule has 7 nitrogen and oxygen atoms in total. The van der Waals surface area contributed by atoms with Crippen LogP contribution in [0.2, 0.25) is 0 Å². The maximum atomic E-state index is 14.0. The number of aromatic nitrogens is 2. The van der Waals surface area contributed by atoms with Crippen molar-refractivity contribution < 1.29 is 23.1 Å². The Morgan fingerprint density at radius 3 is 2.83 bits per heavy atom. The van der Waals surface area contributed by atoms with Crippen molar-refractivity contribution in [2.45, 2.75) is 31.5 Å².